The summed E-state index contributed by atoms with van der Waals surface area (Å²) in [6, 6.07) is 6.61. The van der Waals surface area contributed by atoms with Gasteiger partial charge in [0.2, 0.25) is 10.0 Å². The van der Waals surface area contributed by atoms with Crippen molar-refractivity contribution in [3.8, 4) is 0 Å². The van der Waals surface area contributed by atoms with Crippen molar-refractivity contribution in [2.75, 3.05) is 12.8 Å². The molecule has 1 aliphatic rings. The van der Waals surface area contributed by atoms with Gasteiger partial charge in [0.05, 0.1) is 12.0 Å². The van der Waals surface area contributed by atoms with Crippen LogP contribution in [0.3, 0.4) is 0 Å². The van der Waals surface area contributed by atoms with E-state index in [0.29, 0.717) is 5.69 Å². The summed E-state index contributed by atoms with van der Waals surface area (Å²) < 4.78 is 32.6. The van der Waals surface area contributed by atoms with Crippen LogP contribution in [0.25, 0.3) is 0 Å². The maximum absolute atomic E-state index is 12.6. The van der Waals surface area contributed by atoms with Gasteiger partial charge in [0, 0.05) is 17.1 Å². The lowest BCUT2D eigenvalue weighted by Crippen LogP contribution is -2.30. The molecule has 0 amide bonds. The maximum Gasteiger partial charge on any atom is 0.348 e. The molecule has 0 saturated carbocycles. The van der Waals surface area contributed by atoms with E-state index in [1.165, 1.54) is 18.6 Å². The highest BCUT2D eigenvalue weighted by Gasteiger charge is 2.27. The molecular weight excluding hydrogens is 348 g/mol. The van der Waals surface area contributed by atoms with Crippen molar-refractivity contribution in [2.24, 2.45) is 0 Å². The Hall–Kier alpha value is -1.90. The van der Waals surface area contributed by atoms with Gasteiger partial charge in [-0.3, -0.25) is 0 Å². The highest BCUT2D eigenvalue weighted by molar-refractivity contribution is 7.89. The number of carbonyl (C=O) groups is 1. The van der Waals surface area contributed by atoms with E-state index in [-0.39, 0.29) is 15.8 Å². The highest BCUT2D eigenvalue weighted by Crippen LogP contribution is 2.32. The molecule has 1 aromatic heterocycles. The monoisotopic (exact) mass is 366 g/mol. The summed E-state index contributed by atoms with van der Waals surface area (Å²) in [5.74, 6) is -0.542. The van der Waals surface area contributed by atoms with Crippen molar-refractivity contribution in [1.82, 2.24) is 4.72 Å². The first kappa shape index (κ1) is 16.9. The molecule has 0 radical (unpaired) electrons. The van der Waals surface area contributed by atoms with Crippen molar-refractivity contribution < 1.29 is 17.9 Å². The number of hydrogen-bond acceptors (Lipinski definition) is 6. The number of ether oxygens (including phenoxy) is 1. The summed E-state index contributed by atoms with van der Waals surface area (Å²) in [5, 5.41) is 1.45. The number of carbonyl (C=O) groups excluding carboxylic acids is 1. The van der Waals surface area contributed by atoms with Gasteiger partial charge < -0.3 is 10.5 Å². The van der Waals surface area contributed by atoms with Crippen LogP contribution in [0.4, 0.5) is 5.69 Å². The first-order valence-electron chi connectivity index (χ1n) is 7.48. The zero-order valence-corrected chi connectivity index (χ0v) is 14.7. The van der Waals surface area contributed by atoms with Crippen LogP contribution >= 0.6 is 11.3 Å². The molecular formula is C16H18N2O4S2. The van der Waals surface area contributed by atoms with Gasteiger partial charge in [0.1, 0.15) is 4.88 Å². The normalized spacial score (nSPS) is 17.3. The minimum Gasteiger partial charge on any atom is -0.465 e. The lowest BCUT2D eigenvalue weighted by atomic mass is 9.88. The molecule has 1 atom stereocenters. The molecule has 24 heavy (non-hydrogen) atoms. The third kappa shape index (κ3) is 3.31. The number of nitrogens with one attached hydrogen (secondary N) is 1. The van der Waals surface area contributed by atoms with E-state index in [4.69, 9.17) is 5.73 Å². The largest absolute Gasteiger partial charge is 0.465 e. The fourth-order valence-corrected chi connectivity index (χ4v) is 5.32. The van der Waals surface area contributed by atoms with E-state index >= 15 is 0 Å². The summed E-state index contributed by atoms with van der Waals surface area (Å²) in [6.45, 7) is 0. The van der Waals surface area contributed by atoms with Gasteiger partial charge in [-0.1, -0.05) is 6.07 Å². The number of nitrogen functional groups attached to an aromatic ring is 1. The van der Waals surface area contributed by atoms with Crippen LogP contribution < -0.4 is 10.5 Å². The molecule has 1 heterocycles. The van der Waals surface area contributed by atoms with E-state index in [9.17, 15) is 13.2 Å². The number of hydrogen-bond donors (Lipinski definition) is 2. The number of rotatable bonds is 4. The first-order chi connectivity index (χ1) is 11.4. The minimum absolute atomic E-state index is 0.0791. The second-order valence-electron chi connectivity index (χ2n) is 5.66. The van der Waals surface area contributed by atoms with Crippen molar-refractivity contribution in [3.63, 3.8) is 0 Å². The Morgan fingerprint density at radius 2 is 2.17 bits per heavy atom. The summed E-state index contributed by atoms with van der Waals surface area (Å²) in [4.78, 5) is 11.8. The van der Waals surface area contributed by atoms with Crippen LogP contribution in [0.15, 0.2) is 34.5 Å². The molecule has 3 rings (SSSR count). The van der Waals surface area contributed by atoms with Crippen molar-refractivity contribution >= 4 is 33.0 Å². The van der Waals surface area contributed by atoms with Gasteiger partial charge in [-0.2, -0.15) is 0 Å². The van der Waals surface area contributed by atoms with Gasteiger partial charge in [-0.15, -0.1) is 11.3 Å². The molecule has 128 valence electrons. The summed E-state index contributed by atoms with van der Waals surface area (Å²) in [7, 11) is -2.45. The number of benzene rings is 1. The number of aryl methyl sites for hydroxylation is 1. The first-order valence-corrected chi connectivity index (χ1v) is 9.84. The Labute approximate surface area is 144 Å². The Balaban J connectivity index is 1.86. The molecule has 1 unspecified atom stereocenters. The molecule has 3 N–H and O–H groups in total. The van der Waals surface area contributed by atoms with Crippen molar-refractivity contribution in [1.29, 1.82) is 0 Å². The van der Waals surface area contributed by atoms with E-state index in [1.54, 1.807) is 6.07 Å². The molecule has 6 nitrogen and oxygen atoms in total. The fourth-order valence-electron chi connectivity index (χ4n) is 2.88. The van der Waals surface area contributed by atoms with Gasteiger partial charge in [0.25, 0.3) is 0 Å². The van der Waals surface area contributed by atoms with Crippen LogP contribution in [0, 0.1) is 0 Å². The van der Waals surface area contributed by atoms with Crippen LogP contribution in [-0.2, 0) is 21.2 Å². The van der Waals surface area contributed by atoms with E-state index < -0.39 is 16.0 Å². The Bertz CT molecular complexity index is 874. The Morgan fingerprint density at radius 1 is 1.38 bits per heavy atom. The second kappa shape index (κ2) is 6.54. The molecule has 1 aromatic carbocycles. The predicted molar refractivity (Wildman–Crippen MR) is 92.5 cm³/mol. The van der Waals surface area contributed by atoms with Crippen molar-refractivity contribution in [2.45, 2.75) is 30.2 Å². The average molecular weight is 366 g/mol. The highest BCUT2D eigenvalue weighted by atomic mass is 32.2. The standard InChI is InChI=1S/C16H18N2O4S2/c1-22-16(19)15-8-12(9-23-15)24(20,21)18-14-4-2-3-10-7-11(17)5-6-13(10)14/h5-9,14,18H,2-4,17H2,1H3. The zero-order valence-electron chi connectivity index (χ0n) is 13.1. The summed E-state index contributed by atoms with van der Waals surface area (Å²) in [6.07, 6.45) is 2.51. The quantitative estimate of drug-likeness (QED) is 0.640. The lowest BCUT2D eigenvalue weighted by Gasteiger charge is -2.26. The van der Waals surface area contributed by atoms with E-state index in [0.717, 1.165) is 41.7 Å². The number of methoxy groups -OCH3 is 1. The van der Waals surface area contributed by atoms with E-state index in [1.807, 2.05) is 12.1 Å². The zero-order chi connectivity index (χ0) is 17.3. The molecule has 0 spiro atoms. The molecule has 8 heteroatoms. The number of thiophene rings is 1. The molecule has 0 saturated heterocycles. The fraction of sp³-hybridized carbons (Fsp3) is 0.312. The third-order valence-electron chi connectivity index (χ3n) is 4.05. The third-order valence-corrected chi connectivity index (χ3v) is 6.56. The number of nitrogens with two attached hydrogens (primary N) is 1. The summed E-state index contributed by atoms with van der Waals surface area (Å²) in [5.41, 5.74) is 8.53. The smallest absolute Gasteiger partial charge is 0.348 e. The minimum atomic E-state index is -3.71. The number of fused-ring (bicyclic) bond motifs is 1. The lowest BCUT2D eigenvalue weighted by molar-refractivity contribution is 0.0606. The number of anilines is 1. The van der Waals surface area contributed by atoms with Crippen molar-refractivity contribution in [3.05, 3.63) is 45.6 Å². The predicted octanol–water partition coefficient (Wildman–Crippen LogP) is 2.47. The SMILES string of the molecule is COC(=O)c1cc(S(=O)(=O)NC2CCCc3cc(N)ccc32)cs1. The molecule has 0 fully saturated rings. The average Bonchev–Trinajstić information content (AvgIpc) is 3.04. The van der Waals surface area contributed by atoms with Crippen LogP contribution in [0.1, 0.15) is 39.7 Å². The van der Waals surface area contributed by atoms with Crippen LogP contribution in [-0.4, -0.2) is 21.5 Å². The summed E-state index contributed by atoms with van der Waals surface area (Å²) >= 11 is 1.05. The van der Waals surface area contributed by atoms with Gasteiger partial charge in [0.15, 0.2) is 0 Å². The maximum atomic E-state index is 12.6. The number of esters is 1. The topological polar surface area (TPSA) is 98.5 Å². The van der Waals surface area contributed by atoms with Gasteiger partial charge in [-0.25, -0.2) is 17.9 Å². The van der Waals surface area contributed by atoms with Gasteiger partial charge in [-0.05, 0) is 48.6 Å². The molecule has 0 bridgehead atoms. The van der Waals surface area contributed by atoms with E-state index in [2.05, 4.69) is 9.46 Å². The second-order valence-corrected chi connectivity index (χ2v) is 8.29. The Morgan fingerprint density at radius 3 is 2.92 bits per heavy atom. The molecule has 1 aliphatic carbocycles. The number of sulfonamides is 1. The molecule has 0 aliphatic heterocycles. The van der Waals surface area contributed by atoms with Crippen LogP contribution in [0.2, 0.25) is 0 Å². The van der Waals surface area contributed by atoms with Gasteiger partial charge >= 0.3 is 5.97 Å². The Kier molecular flexibility index (Phi) is 4.62. The molecule has 2 aromatic rings. The van der Waals surface area contributed by atoms with Crippen LogP contribution in [0.5, 0.6) is 0 Å².